The molecule has 1 heterocycles. The number of rotatable bonds is 3. The smallest absolute Gasteiger partial charge is 0.267 e. The van der Waals surface area contributed by atoms with Crippen LogP contribution in [0.25, 0.3) is 0 Å². The maximum absolute atomic E-state index is 12.3. The molecule has 23 heavy (non-hydrogen) atoms. The lowest BCUT2D eigenvalue weighted by Gasteiger charge is -2.11. The van der Waals surface area contributed by atoms with Crippen LogP contribution in [-0.2, 0) is 9.59 Å². The fourth-order valence-corrected chi connectivity index (χ4v) is 2.24. The van der Waals surface area contributed by atoms with Crippen molar-refractivity contribution in [2.24, 2.45) is 10.2 Å². The van der Waals surface area contributed by atoms with Crippen molar-refractivity contribution in [1.82, 2.24) is 4.90 Å². The second kappa shape index (κ2) is 6.31. The van der Waals surface area contributed by atoms with Crippen molar-refractivity contribution < 1.29 is 14.4 Å². The van der Waals surface area contributed by atoms with Crippen molar-refractivity contribution in [1.29, 1.82) is 0 Å². The SMILES string of the molecule is O=C1CCC(=O)N1C(=O)c1cccc(/N=N/c2ccccc2)c1. The maximum atomic E-state index is 12.3. The highest BCUT2D eigenvalue weighted by atomic mass is 16.2. The molecular weight excluding hydrogens is 294 g/mol. The highest BCUT2D eigenvalue weighted by Crippen LogP contribution is 2.21. The number of nitrogens with zero attached hydrogens (tertiary/aromatic N) is 3. The third-order valence-corrected chi connectivity index (χ3v) is 3.38. The maximum Gasteiger partial charge on any atom is 0.267 e. The van der Waals surface area contributed by atoms with Gasteiger partial charge in [-0.15, -0.1) is 0 Å². The van der Waals surface area contributed by atoms with Gasteiger partial charge in [0, 0.05) is 18.4 Å². The molecular formula is C17H13N3O3. The molecule has 3 amide bonds. The number of amides is 3. The summed E-state index contributed by atoms with van der Waals surface area (Å²) < 4.78 is 0. The minimum absolute atomic E-state index is 0.0813. The van der Waals surface area contributed by atoms with Crippen molar-refractivity contribution in [2.75, 3.05) is 0 Å². The second-order valence-electron chi connectivity index (χ2n) is 5.01. The molecule has 0 saturated carbocycles. The van der Waals surface area contributed by atoms with Crippen LogP contribution in [0.2, 0.25) is 0 Å². The third-order valence-electron chi connectivity index (χ3n) is 3.38. The van der Waals surface area contributed by atoms with Gasteiger partial charge < -0.3 is 0 Å². The lowest BCUT2D eigenvalue weighted by Crippen LogP contribution is -2.35. The first kappa shape index (κ1) is 14.8. The highest BCUT2D eigenvalue weighted by molar-refractivity contribution is 6.19. The van der Waals surface area contributed by atoms with Gasteiger partial charge in [0.15, 0.2) is 0 Å². The Kier molecular flexibility index (Phi) is 4.05. The zero-order valence-electron chi connectivity index (χ0n) is 12.2. The number of likely N-dealkylation sites (tertiary alicyclic amines) is 1. The number of azo groups is 1. The van der Waals surface area contributed by atoms with Crippen LogP contribution in [0.1, 0.15) is 23.2 Å². The number of hydrogen-bond donors (Lipinski definition) is 0. The molecule has 0 unspecified atom stereocenters. The topological polar surface area (TPSA) is 79.2 Å². The van der Waals surface area contributed by atoms with Gasteiger partial charge in [-0.3, -0.25) is 14.4 Å². The fraction of sp³-hybridized carbons (Fsp3) is 0.118. The molecule has 0 atom stereocenters. The highest BCUT2D eigenvalue weighted by Gasteiger charge is 2.34. The van der Waals surface area contributed by atoms with Crippen molar-refractivity contribution in [3.8, 4) is 0 Å². The molecule has 1 saturated heterocycles. The van der Waals surface area contributed by atoms with E-state index >= 15 is 0 Å². The van der Waals surface area contributed by atoms with Crippen LogP contribution in [0.5, 0.6) is 0 Å². The van der Waals surface area contributed by atoms with Gasteiger partial charge in [-0.1, -0.05) is 24.3 Å². The van der Waals surface area contributed by atoms with Gasteiger partial charge in [0.1, 0.15) is 0 Å². The largest absolute Gasteiger partial charge is 0.274 e. The Morgan fingerprint density at radius 1 is 0.826 bits per heavy atom. The van der Waals surface area contributed by atoms with Crippen LogP contribution in [0.4, 0.5) is 11.4 Å². The summed E-state index contributed by atoms with van der Waals surface area (Å²) in [5, 5.41) is 8.14. The van der Waals surface area contributed by atoms with Crippen molar-refractivity contribution in [2.45, 2.75) is 12.8 Å². The van der Waals surface area contributed by atoms with Crippen LogP contribution < -0.4 is 0 Å². The van der Waals surface area contributed by atoms with Crippen molar-refractivity contribution in [3.05, 3.63) is 60.2 Å². The van der Waals surface area contributed by atoms with E-state index in [1.165, 1.54) is 6.07 Å². The van der Waals surface area contributed by atoms with Gasteiger partial charge in [0.05, 0.1) is 11.4 Å². The minimum Gasteiger partial charge on any atom is -0.274 e. The van der Waals surface area contributed by atoms with Gasteiger partial charge in [-0.25, -0.2) is 4.90 Å². The molecule has 114 valence electrons. The van der Waals surface area contributed by atoms with Gasteiger partial charge in [-0.2, -0.15) is 10.2 Å². The second-order valence-corrected chi connectivity index (χ2v) is 5.01. The fourth-order valence-electron chi connectivity index (χ4n) is 2.24. The molecule has 6 heteroatoms. The summed E-state index contributed by atoms with van der Waals surface area (Å²) in [6, 6.07) is 15.6. The number of carbonyl (C=O) groups excluding carboxylic acids is 3. The Balaban J connectivity index is 1.82. The van der Waals surface area contributed by atoms with Gasteiger partial charge in [0.2, 0.25) is 11.8 Å². The van der Waals surface area contributed by atoms with E-state index in [0.717, 1.165) is 0 Å². The van der Waals surface area contributed by atoms with E-state index in [1.54, 1.807) is 30.3 Å². The van der Waals surface area contributed by atoms with E-state index in [9.17, 15) is 14.4 Å². The Morgan fingerprint density at radius 2 is 1.43 bits per heavy atom. The molecule has 6 nitrogen and oxygen atoms in total. The first-order valence-electron chi connectivity index (χ1n) is 7.12. The van der Waals surface area contributed by atoms with Crippen molar-refractivity contribution in [3.63, 3.8) is 0 Å². The van der Waals surface area contributed by atoms with Gasteiger partial charge in [0.25, 0.3) is 5.91 Å². The predicted octanol–water partition coefficient (Wildman–Crippen LogP) is 3.39. The van der Waals surface area contributed by atoms with Gasteiger partial charge in [-0.05, 0) is 30.3 Å². The zero-order chi connectivity index (χ0) is 16.2. The molecule has 0 spiro atoms. The number of benzene rings is 2. The molecule has 0 radical (unpaired) electrons. The minimum atomic E-state index is -0.616. The Morgan fingerprint density at radius 3 is 2.13 bits per heavy atom. The molecule has 2 aromatic rings. The molecule has 0 bridgehead atoms. The standard InChI is InChI=1S/C17H13N3O3/c21-15-9-10-16(22)20(15)17(23)12-5-4-8-14(11-12)19-18-13-6-2-1-3-7-13/h1-8,11H,9-10H2/b19-18+. The first-order chi connectivity index (χ1) is 11.1. The van der Waals surface area contributed by atoms with Crippen LogP contribution >= 0.6 is 0 Å². The lowest BCUT2D eigenvalue weighted by molar-refractivity contribution is -0.134. The monoisotopic (exact) mass is 307 g/mol. The van der Waals surface area contributed by atoms with Crippen molar-refractivity contribution >= 4 is 29.1 Å². The van der Waals surface area contributed by atoms with E-state index in [1.807, 2.05) is 18.2 Å². The lowest BCUT2D eigenvalue weighted by atomic mass is 10.2. The van der Waals surface area contributed by atoms with Crippen LogP contribution in [0.3, 0.4) is 0 Å². The summed E-state index contributed by atoms with van der Waals surface area (Å²) in [6.45, 7) is 0. The summed E-state index contributed by atoms with van der Waals surface area (Å²) in [7, 11) is 0. The summed E-state index contributed by atoms with van der Waals surface area (Å²) in [5.74, 6) is -1.54. The molecule has 1 fully saturated rings. The van der Waals surface area contributed by atoms with Crippen LogP contribution in [0, 0.1) is 0 Å². The third kappa shape index (κ3) is 3.21. The number of imide groups is 3. The van der Waals surface area contributed by atoms with E-state index in [0.29, 0.717) is 16.3 Å². The summed E-state index contributed by atoms with van der Waals surface area (Å²) in [4.78, 5) is 36.3. The van der Waals surface area contributed by atoms with Gasteiger partial charge >= 0.3 is 0 Å². The van der Waals surface area contributed by atoms with Crippen LogP contribution in [0.15, 0.2) is 64.8 Å². The quantitative estimate of drug-likeness (QED) is 0.644. The summed E-state index contributed by atoms with van der Waals surface area (Å²) in [5.41, 5.74) is 1.39. The van der Waals surface area contributed by atoms with E-state index in [4.69, 9.17) is 0 Å². The molecule has 2 aromatic carbocycles. The Hall–Kier alpha value is -3.15. The molecule has 0 N–H and O–H groups in total. The first-order valence-corrected chi connectivity index (χ1v) is 7.12. The predicted molar refractivity (Wildman–Crippen MR) is 82.5 cm³/mol. The van der Waals surface area contributed by atoms with E-state index in [-0.39, 0.29) is 18.4 Å². The normalized spacial score (nSPS) is 14.7. The zero-order valence-corrected chi connectivity index (χ0v) is 12.2. The van der Waals surface area contributed by atoms with Crippen LogP contribution in [-0.4, -0.2) is 22.6 Å². The summed E-state index contributed by atoms with van der Waals surface area (Å²) in [6.07, 6.45) is 0.163. The average Bonchev–Trinajstić information content (AvgIpc) is 2.92. The van der Waals surface area contributed by atoms with E-state index in [2.05, 4.69) is 10.2 Å². The molecule has 0 aromatic heterocycles. The average molecular weight is 307 g/mol. The molecule has 1 aliphatic heterocycles. The molecule has 3 rings (SSSR count). The number of hydrogen-bond acceptors (Lipinski definition) is 5. The molecule has 0 aliphatic carbocycles. The Labute approximate surface area is 132 Å². The number of carbonyl (C=O) groups is 3. The Bertz CT molecular complexity index is 784. The molecule has 1 aliphatic rings. The summed E-state index contributed by atoms with van der Waals surface area (Å²) >= 11 is 0. The van der Waals surface area contributed by atoms with E-state index < -0.39 is 17.7 Å².